The van der Waals surface area contributed by atoms with Gasteiger partial charge in [0.2, 0.25) is 0 Å². The van der Waals surface area contributed by atoms with E-state index in [2.05, 4.69) is 44.4 Å². The molecule has 150 valence electrons. The van der Waals surface area contributed by atoms with E-state index >= 15 is 0 Å². The highest BCUT2D eigenvalue weighted by Crippen LogP contribution is 2.30. The zero-order valence-electron chi connectivity index (χ0n) is 15.9. The van der Waals surface area contributed by atoms with Crippen molar-refractivity contribution < 1.29 is 9.21 Å². The quantitative estimate of drug-likeness (QED) is 0.375. The van der Waals surface area contributed by atoms with Gasteiger partial charge in [-0.05, 0) is 67.1 Å². The molecule has 0 atom stereocenters. The van der Waals surface area contributed by atoms with E-state index in [1.54, 1.807) is 24.3 Å². The lowest BCUT2D eigenvalue weighted by Gasteiger charge is -2.16. The molecule has 2 heterocycles. The number of hydrogen-bond acceptors (Lipinski definition) is 5. The van der Waals surface area contributed by atoms with Crippen LogP contribution in [0.25, 0.3) is 22.2 Å². The molecule has 30 heavy (non-hydrogen) atoms. The van der Waals surface area contributed by atoms with E-state index in [-0.39, 0.29) is 5.56 Å². The third-order valence-corrected chi connectivity index (χ3v) is 6.56. The Morgan fingerprint density at radius 3 is 2.77 bits per heavy atom. The highest BCUT2D eigenvalue weighted by atomic mass is 79.9. The molecule has 0 spiro atoms. The third-order valence-electron chi connectivity index (χ3n) is 5.31. The van der Waals surface area contributed by atoms with Crippen molar-refractivity contribution in [1.29, 1.82) is 0 Å². The molecule has 2 aromatic heterocycles. The van der Waals surface area contributed by atoms with Gasteiger partial charge in [0.05, 0.1) is 5.69 Å². The number of anilines is 1. The molecule has 0 bridgehead atoms. The van der Waals surface area contributed by atoms with E-state index in [1.165, 1.54) is 35.3 Å². The van der Waals surface area contributed by atoms with Gasteiger partial charge in [0.25, 0.3) is 5.91 Å². The van der Waals surface area contributed by atoms with Crippen LogP contribution in [0.4, 0.5) is 5.13 Å². The number of rotatable bonds is 3. The molecule has 5 nitrogen and oxygen atoms in total. The predicted molar refractivity (Wildman–Crippen MR) is 122 cm³/mol. The second-order valence-corrected chi connectivity index (χ2v) is 9.09. The summed E-state index contributed by atoms with van der Waals surface area (Å²) in [6, 6.07) is 13.3. The fourth-order valence-electron chi connectivity index (χ4n) is 3.77. The largest absolute Gasteiger partial charge is 0.422 e. The highest BCUT2D eigenvalue weighted by molar-refractivity contribution is 9.10. The van der Waals surface area contributed by atoms with Gasteiger partial charge in [0, 0.05) is 20.8 Å². The zero-order chi connectivity index (χ0) is 20.7. The van der Waals surface area contributed by atoms with Crippen molar-refractivity contribution in [1.82, 2.24) is 4.98 Å². The van der Waals surface area contributed by atoms with Gasteiger partial charge in [-0.25, -0.2) is 9.78 Å². The topological polar surface area (TPSA) is 72.2 Å². The average molecular weight is 481 g/mol. The molecule has 0 aliphatic heterocycles. The Morgan fingerprint density at radius 1 is 1.07 bits per heavy atom. The summed E-state index contributed by atoms with van der Waals surface area (Å²) < 4.78 is 6.12. The van der Waals surface area contributed by atoms with Crippen molar-refractivity contribution >= 4 is 49.3 Å². The average Bonchev–Trinajstić information content (AvgIpc) is 3.21. The van der Waals surface area contributed by atoms with Gasteiger partial charge in [-0.15, -0.1) is 11.3 Å². The number of halogens is 1. The molecular weight excluding hydrogens is 464 g/mol. The summed E-state index contributed by atoms with van der Waals surface area (Å²) in [7, 11) is 0. The minimum atomic E-state index is -0.672. The maximum Gasteiger partial charge on any atom is 0.349 e. The number of nitrogens with one attached hydrogen (secondary N) is 1. The Morgan fingerprint density at radius 2 is 1.90 bits per heavy atom. The molecule has 1 amide bonds. The van der Waals surface area contributed by atoms with E-state index in [4.69, 9.17) is 4.42 Å². The van der Waals surface area contributed by atoms with Gasteiger partial charge in [-0.2, -0.15) is 0 Å². The number of carbonyl (C=O) groups is 1. The van der Waals surface area contributed by atoms with Gasteiger partial charge in [-0.1, -0.05) is 28.1 Å². The van der Waals surface area contributed by atoms with Crippen LogP contribution in [0.3, 0.4) is 0 Å². The van der Waals surface area contributed by atoms with Gasteiger partial charge < -0.3 is 4.42 Å². The van der Waals surface area contributed by atoms with E-state index in [0.717, 1.165) is 28.6 Å². The summed E-state index contributed by atoms with van der Waals surface area (Å²) in [5, 5.41) is 5.76. The van der Waals surface area contributed by atoms with Crippen LogP contribution in [0, 0.1) is 0 Å². The first-order chi connectivity index (χ1) is 14.6. The number of benzene rings is 2. The van der Waals surface area contributed by atoms with Crippen LogP contribution in [0.15, 0.2) is 61.5 Å². The number of thiazole rings is 1. The fraction of sp³-hybridized carbons (Fsp3) is 0.174. The first-order valence-electron chi connectivity index (χ1n) is 9.69. The van der Waals surface area contributed by atoms with Gasteiger partial charge in [-0.3, -0.25) is 10.1 Å². The molecular formula is C23H17BrN2O3S. The monoisotopic (exact) mass is 480 g/mol. The summed E-state index contributed by atoms with van der Waals surface area (Å²) >= 11 is 4.72. The summed E-state index contributed by atoms with van der Waals surface area (Å²) in [6.07, 6.45) is 4.71. The Balaban J connectivity index is 1.40. The summed E-state index contributed by atoms with van der Waals surface area (Å²) in [5.41, 5.74) is 4.38. The van der Waals surface area contributed by atoms with E-state index in [1.807, 2.05) is 5.38 Å². The normalized spacial score (nSPS) is 13.2. The lowest BCUT2D eigenvalue weighted by atomic mass is 9.90. The van der Waals surface area contributed by atoms with Crippen LogP contribution in [-0.4, -0.2) is 10.9 Å². The van der Waals surface area contributed by atoms with Crippen molar-refractivity contribution in [2.45, 2.75) is 25.7 Å². The molecule has 0 saturated carbocycles. The lowest BCUT2D eigenvalue weighted by molar-refractivity contribution is 0.102. The number of hydrogen-bond donors (Lipinski definition) is 1. The number of amides is 1. The maximum absolute atomic E-state index is 12.7. The number of fused-ring (bicyclic) bond motifs is 2. The minimum Gasteiger partial charge on any atom is -0.422 e. The van der Waals surface area contributed by atoms with Gasteiger partial charge >= 0.3 is 5.63 Å². The standard InChI is InChI=1S/C23H17BrN2O3S/c24-17-7-8-20-16(10-17)11-18(22(28)29-20)21(27)26-23-25-19(12-30-23)15-6-5-13-3-1-2-4-14(13)9-15/h5-12H,1-4H2,(H,25,26,27). The second kappa shape index (κ2) is 7.81. The molecule has 0 saturated heterocycles. The first kappa shape index (κ1) is 19.2. The van der Waals surface area contributed by atoms with Crippen LogP contribution >= 0.6 is 27.3 Å². The SMILES string of the molecule is O=C(Nc1nc(-c2ccc3c(c2)CCCC3)cs1)c1cc2cc(Br)ccc2oc1=O. The van der Waals surface area contributed by atoms with Crippen LogP contribution in [0.5, 0.6) is 0 Å². The van der Waals surface area contributed by atoms with E-state index < -0.39 is 11.5 Å². The number of carbonyl (C=O) groups excluding carboxylic acids is 1. The molecule has 2 aromatic carbocycles. The number of nitrogens with zero attached hydrogens (tertiary/aromatic N) is 1. The van der Waals surface area contributed by atoms with Crippen molar-refractivity contribution in [3.05, 3.63) is 79.4 Å². The molecule has 0 unspecified atom stereocenters. The van der Waals surface area contributed by atoms with Crippen molar-refractivity contribution in [3.8, 4) is 11.3 Å². The smallest absolute Gasteiger partial charge is 0.349 e. The Bertz CT molecular complexity index is 1340. The summed E-state index contributed by atoms with van der Waals surface area (Å²) in [5.74, 6) is -0.531. The van der Waals surface area contributed by atoms with Crippen molar-refractivity contribution in [3.63, 3.8) is 0 Å². The molecule has 7 heteroatoms. The first-order valence-corrected chi connectivity index (χ1v) is 11.4. The molecule has 5 rings (SSSR count). The van der Waals surface area contributed by atoms with Crippen molar-refractivity contribution in [2.75, 3.05) is 5.32 Å². The van der Waals surface area contributed by atoms with Gasteiger partial charge in [0.1, 0.15) is 11.1 Å². The fourth-order valence-corrected chi connectivity index (χ4v) is 4.87. The van der Waals surface area contributed by atoms with Crippen molar-refractivity contribution in [2.24, 2.45) is 0 Å². The molecule has 1 aliphatic carbocycles. The van der Waals surface area contributed by atoms with Crippen LogP contribution < -0.4 is 10.9 Å². The minimum absolute atomic E-state index is 0.0499. The molecule has 0 radical (unpaired) electrons. The predicted octanol–water partition coefficient (Wildman–Crippen LogP) is 5.81. The third kappa shape index (κ3) is 3.70. The number of aromatic nitrogens is 1. The Hall–Kier alpha value is -2.77. The summed E-state index contributed by atoms with van der Waals surface area (Å²) in [4.78, 5) is 29.5. The highest BCUT2D eigenvalue weighted by Gasteiger charge is 2.17. The lowest BCUT2D eigenvalue weighted by Crippen LogP contribution is -2.20. The molecule has 1 aliphatic rings. The summed E-state index contributed by atoms with van der Waals surface area (Å²) in [6.45, 7) is 0. The van der Waals surface area contributed by atoms with Crippen LogP contribution in [0.2, 0.25) is 0 Å². The maximum atomic E-state index is 12.7. The Kier molecular flexibility index (Phi) is 5.00. The van der Waals surface area contributed by atoms with Crippen LogP contribution in [-0.2, 0) is 12.8 Å². The molecule has 0 fully saturated rings. The molecule has 1 N–H and O–H groups in total. The molecule has 4 aromatic rings. The second-order valence-electron chi connectivity index (χ2n) is 7.31. The van der Waals surface area contributed by atoms with Gasteiger partial charge in [0.15, 0.2) is 5.13 Å². The van der Waals surface area contributed by atoms with Crippen LogP contribution in [0.1, 0.15) is 34.3 Å². The van der Waals surface area contributed by atoms with E-state index in [0.29, 0.717) is 16.1 Å². The number of aryl methyl sites for hydroxylation is 2. The zero-order valence-corrected chi connectivity index (χ0v) is 18.3. The Labute approximate surface area is 184 Å². The van der Waals surface area contributed by atoms with E-state index in [9.17, 15) is 9.59 Å².